The van der Waals surface area contributed by atoms with Gasteiger partial charge in [0.15, 0.2) is 5.69 Å². The van der Waals surface area contributed by atoms with Crippen molar-refractivity contribution in [3.05, 3.63) is 69.2 Å². The van der Waals surface area contributed by atoms with Crippen LogP contribution in [0.5, 0.6) is 0 Å². The fraction of sp³-hybridized carbons (Fsp3) is 0.483. The summed E-state index contributed by atoms with van der Waals surface area (Å²) in [5.74, 6) is -2.80. The van der Waals surface area contributed by atoms with Crippen LogP contribution in [0.1, 0.15) is 65.9 Å². The molecule has 2 aliphatic heterocycles. The second kappa shape index (κ2) is 12.4. The Kier molecular flexibility index (Phi) is 9.00. The number of nitrogens with zero attached hydrogens (tertiary/aromatic N) is 6. The fourth-order valence-corrected chi connectivity index (χ4v) is 6.42. The number of alkyl halides is 5. The third-order valence-corrected chi connectivity index (χ3v) is 8.88. The van der Waals surface area contributed by atoms with Gasteiger partial charge in [0.2, 0.25) is 11.8 Å². The van der Waals surface area contributed by atoms with Crippen LogP contribution in [0.3, 0.4) is 0 Å². The minimum absolute atomic E-state index is 0.00789. The van der Waals surface area contributed by atoms with Crippen LogP contribution in [-0.4, -0.2) is 78.6 Å². The third-order valence-electron chi connectivity index (χ3n) is 8.14. The van der Waals surface area contributed by atoms with Crippen molar-refractivity contribution in [2.75, 3.05) is 20.1 Å². The van der Waals surface area contributed by atoms with E-state index in [0.717, 1.165) is 29.6 Å². The Labute approximate surface area is 267 Å². The van der Waals surface area contributed by atoms with E-state index in [9.17, 15) is 40.7 Å². The molecule has 1 N–H and O–H groups in total. The van der Waals surface area contributed by atoms with Crippen molar-refractivity contribution in [2.45, 2.75) is 69.9 Å². The number of hydrogen-bond donors (Lipinski definition) is 1. The first-order valence-electron chi connectivity index (χ1n) is 14.3. The summed E-state index contributed by atoms with van der Waals surface area (Å²) >= 11 is 3.32. The van der Waals surface area contributed by atoms with E-state index in [4.69, 9.17) is 0 Å². The summed E-state index contributed by atoms with van der Waals surface area (Å²) in [6.07, 6.45) is -1.90. The Morgan fingerprint density at radius 1 is 1.15 bits per heavy atom. The normalized spacial score (nSPS) is 18.0. The van der Waals surface area contributed by atoms with Crippen LogP contribution in [0, 0.1) is 5.82 Å². The number of carbonyl (C=O) groups is 3. The molecule has 2 aliphatic rings. The number of halogens is 7. The largest absolute Gasteiger partial charge is 0.434 e. The number of amides is 3. The highest BCUT2D eigenvalue weighted by atomic mass is 79.9. The zero-order valence-electron chi connectivity index (χ0n) is 24.9. The number of aromatic nitrogens is 4. The molecule has 3 aromatic rings. The van der Waals surface area contributed by atoms with Gasteiger partial charge in [-0.3, -0.25) is 14.4 Å². The first-order valence-corrected chi connectivity index (χ1v) is 15.1. The van der Waals surface area contributed by atoms with Gasteiger partial charge in [-0.05, 0) is 49.9 Å². The second-order valence-electron chi connectivity index (χ2n) is 12.0. The molecule has 248 valence electrons. The van der Waals surface area contributed by atoms with Gasteiger partial charge < -0.3 is 19.7 Å². The van der Waals surface area contributed by atoms with Gasteiger partial charge in [0, 0.05) is 55.4 Å². The quantitative estimate of drug-likeness (QED) is 0.328. The molecule has 17 heteroatoms. The molecule has 46 heavy (non-hydrogen) atoms. The summed E-state index contributed by atoms with van der Waals surface area (Å²) in [6.45, 7) is 0.459. The standard InChI is InChI=1S/C29H30BrF6N7O3/c1-28(2,11-22-38-21(29(34,35)36)14-42(22)19-7-8-40(3)25(19)45)39-24(44)20(10-15-12-37-43(13-15)27(32)33)41-9-6-16-17(30)4-5-18(31)23(16)26(41)46/h4-5,12-14,19-20,27H,6-11H2,1-3H3,(H,39,44)/t19?,20-/m1/s1. The lowest BCUT2D eigenvalue weighted by Crippen LogP contribution is -2.57. The monoisotopic (exact) mass is 717 g/mol. The zero-order valence-corrected chi connectivity index (χ0v) is 26.5. The van der Waals surface area contributed by atoms with Crippen LogP contribution < -0.4 is 5.32 Å². The van der Waals surface area contributed by atoms with E-state index in [1.807, 2.05) is 0 Å². The molecule has 1 unspecified atom stereocenters. The first-order chi connectivity index (χ1) is 21.5. The van der Waals surface area contributed by atoms with Gasteiger partial charge in [0.25, 0.3) is 5.91 Å². The lowest BCUT2D eigenvalue weighted by molar-refractivity contribution is -0.141. The van der Waals surface area contributed by atoms with Crippen LogP contribution in [0.15, 0.2) is 35.2 Å². The molecular formula is C29H30BrF6N7O3. The van der Waals surface area contributed by atoms with Crippen LogP contribution in [-0.2, 0) is 35.0 Å². The highest BCUT2D eigenvalue weighted by molar-refractivity contribution is 9.10. The van der Waals surface area contributed by atoms with E-state index in [0.29, 0.717) is 21.3 Å². The van der Waals surface area contributed by atoms with Gasteiger partial charge in [-0.25, -0.2) is 14.1 Å². The number of rotatable bonds is 9. The van der Waals surface area contributed by atoms with Gasteiger partial charge in [-0.15, -0.1) is 0 Å². The zero-order chi connectivity index (χ0) is 33.7. The Balaban J connectivity index is 1.45. The second-order valence-corrected chi connectivity index (χ2v) is 12.9. The highest BCUT2D eigenvalue weighted by Gasteiger charge is 2.41. The summed E-state index contributed by atoms with van der Waals surface area (Å²) in [4.78, 5) is 46.6. The molecule has 10 nitrogen and oxygen atoms in total. The third kappa shape index (κ3) is 6.64. The minimum Gasteiger partial charge on any atom is -0.349 e. The van der Waals surface area contributed by atoms with Gasteiger partial charge >= 0.3 is 12.7 Å². The Morgan fingerprint density at radius 3 is 2.48 bits per heavy atom. The predicted octanol–water partition coefficient (Wildman–Crippen LogP) is 4.55. The average molecular weight is 718 g/mol. The Bertz CT molecular complexity index is 1670. The number of benzene rings is 1. The molecule has 2 aromatic heterocycles. The lowest BCUT2D eigenvalue weighted by atomic mass is 9.94. The highest BCUT2D eigenvalue weighted by Crippen LogP contribution is 2.34. The summed E-state index contributed by atoms with van der Waals surface area (Å²) in [5, 5.41) is 6.36. The molecule has 1 fully saturated rings. The average Bonchev–Trinajstić information content (AvgIpc) is 3.68. The molecule has 0 spiro atoms. The number of fused-ring (bicyclic) bond motifs is 1. The van der Waals surface area contributed by atoms with E-state index in [2.05, 4.69) is 31.3 Å². The molecule has 4 heterocycles. The van der Waals surface area contributed by atoms with E-state index in [1.165, 1.54) is 29.4 Å². The molecule has 2 atom stereocenters. The molecule has 0 radical (unpaired) electrons. The number of hydrogen-bond acceptors (Lipinski definition) is 5. The van der Waals surface area contributed by atoms with E-state index in [1.54, 1.807) is 7.05 Å². The van der Waals surface area contributed by atoms with Crippen LogP contribution in [0.2, 0.25) is 0 Å². The maximum Gasteiger partial charge on any atom is 0.434 e. The van der Waals surface area contributed by atoms with Crippen molar-refractivity contribution in [3.8, 4) is 0 Å². The van der Waals surface area contributed by atoms with E-state index in [-0.39, 0.29) is 55.1 Å². The van der Waals surface area contributed by atoms with E-state index >= 15 is 0 Å². The number of imidazole rings is 1. The Hall–Kier alpha value is -3.89. The van der Waals surface area contributed by atoms with E-state index < -0.39 is 53.7 Å². The fourth-order valence-electron chi connectivity index (χ4n) is 5.89. The minimum atomic E-state index is -4.79. The van der Waals surface area contributed by atoms with Crippen molar-refractivity contribution in [1.29, 1.82) is 0 Å². The smallest absolute Gasteiger partial charge is 0.349 e. The number of nitrogens with one attached hydrogen (secondary N) is 1. The number of carbonyl (C=O) groups excluding carboxylic acids is 3. The summed E-state index contributed by atoms with van der Waals surface area (Å²) in [7, 11) is 1.55. The lowest BCUT2D eigenvalue weighted by Gasteiger charge is -2.37. The molecule has 1 saturated heterocycles. The van der Waals surface area contributed by atoms with Gasteiger partial charge in [-0.1, -0.05) is 15.9 Å². The van der Waals surface area contributed by atoms with Gasteiger partial charge in [-0.2, -0.15) is 27.1 Å². The molecular weight excluding hydrogens is 688 g/mol. The maximum atomic E-state index is 14.9. The van der Waals surface area contributed by atoms with Crippen LogP contribution in [0.25, 0.3) is 0 Å². The van der Waals surface area contributed by atoms with Crippen LogP contribution in [0.4, 0.5) is 26.3 Å². The molecule has 5 rings (SSSR count). The number of likely N-dealkylation sites (tertiary alicyclic amines) is 1. The first kappa shape index (κ1) is 33.5. The topological polar surface area (TPSA) is 105 Å². The molecule has 3 amide bonds. The van der Waals surface area contributed by atoms with Crippen molar-refractivity contribution < 1.29 is 40.7 Å². The van der Waals surface area contributed by atoms with Crippen molar-refractivity contribution >= 4 is 33.7 Å². The maximum absolute atomic E-state index is 14.9. The van der Waals surface area contributed by atoms with Crippen molar-refractivity contribution in [2.24, 2.45) is 0 Å². The number of likely N-dealkylation sites (N-methyl/N-ethyl adjacent to an activating group) is 1. The SMILES string of the molecule is CN1CCC(n2cc(C(F)(F)F)nc2CC(C)(C)NC(=O)[C@@H](Cc2cnn(C(F)F)c2)N2CCc3c(Br)ccc(F)c3C2=O)C1=O. The summed E-state index contributed by atoms with van der Waals surface area (Å²) in [5.41, 5.74) is -2.08. The molecule has 0 bridgehead atoms. The van der Waals surface area contributed by atoms with Crippen molar-refractivity contribution in [1.82, 2.24) is 34.4 Å². The van der Waals surface area contributed by atoms with Gasteiger partial charge in [0.05, 0.1) is 11.8 Å². The molecule has 0 aliphatic carbocycles. The predicted molar refractivity (Wildman–Crippen MR) is 154 cm³/mol. The van der Waals surface area contributed by atoms with Crippen molar-refractivity contribution in [3.63, 3.8) is 0 Å². The summed E-state index contributed by atoms with van der Waals surface area (Å²) in [6, 6.07) is 0.339. The Morgan fingerprint density at radius 2 is 1.87 bits per heavy atom. The summed E-state index contributed by atoms with van der Waals surface area (Å²) < 4.78 is 84.5. The van der Waals surface area contributed by atoms with Crippen LogP contribution >= 0.6 is 15.9 Å². The molecule has 0 saturated carbocycles. The molecule has 1 aromatic carbocycles. The van der Waals surface area contributed by atoms with Gasteiger partial charge in [0.1, 0.15) is 23.7 Å².